The fourth-order valence-electron chi connectivity index (χ4n) is 4.04. The van der Waals surface area contributed by atoms with Crippen LogP contribution in [0.3, 0.4) is 0 Å². The van der Waals surface area contributed by atoms with Crippen LogP contribution in [0.4, 0.5) is 10.5 Å². The van der Waals surface area contributed by atoms with E-state index in [0.717, 1.165) is 26.5 Å². The van der Waals surface area contributed by atoms with Gasteiger partial charge >= 0.3 is 6.03 Å². The summed E-state index contributed by atoms with van der Waals surface area (Å²) in [7, 11) is 0. The number of imide groups is 2. The van der Waals surface area contributed by atoms with Crippen LogP contribution in [0, 0.1) is 0 Å². The molecule has 1 aliphatic heterocycles. The second-order valence-electron chi connectivity index (χ2n) is 8.15. The fourth-order valence-corrected chi connectivity index (χ4v) is 5.31. The SMILES string of the molecule is O=C1NC(=O)N(c2ccc(Cl)c(Cl)c2)C(=O)/C1=C/c1cn(CCSc2ccc(Cl)cc2)c2ccccc12. The number of barbiturate groups is 1. The Labute approximate surface area is 231 Å². The number of nitrogens with zero attached hydrogens (tertiary/aromatic N) is 2. The van der Waals surface area contributed by atoms with E-state index in [-0.39, 0.29) is 21.3 Å². The number of carbonyl (C=O) groups excluding carboxylic acids is 3. The number of para-hydroxylation sites is 1. The molecule has 1 aliphatic rings. The second-order valence-corrected chi connectivity index (χ2v) is 10.6. The molecule has 0 saturated carbocycles. The highest BCUT2D eigenvalue weighted by Gasteiger charge is 2.37. The lowest BCUT2D eigenvalue weighted by atomic mass is 10.1. The van der Waals surface area contributed by atoms with Gasteiger partial charge in [0.25, 0.3) is 11.8 Å². The Balaban J connectivity index is 1.45. The van der Waals surface area contributed by atoms with Gasteiger partial charge in [-0.05, 0) is 54.6 Å². The highest BCUT2D eigenvalue weighted by atomic mass is 35.5. The first-order valence-corrected chi connectivity index (χ1v) is 13.3. The van der Waals surface area contributed by atoms with E-state index in [2.05, 4.69) is 9.88 Å². The van der Waals surface area contributed by atoms with E-state index in [1.54, 1.807) is 11.8 Å². The van der Waals surface area contributed by atoms with Gasteiger partial charge in [-0.25, -0.2) is 9.69 Å². The van der Waals surface area contributed by atoms with E-state index in [9.17, 15) is 14.4 Å². The van der Waals surface area contributed by atoms with Gasteiger partial charge in [0, 0.05) is 44.9 Å². The van der Waals surface area contributed by atoms with Crippen LogP contribution >= 0.6 is 46.6 Å². The van der Waals surface area contributed by atoms with Crippen molar-refractivity contribution < 1.29 is 14.4 Å². The molecule has 37 heavy (non-hydrogen) atoms. The molecule has 0 radical (unpaired) electrons. The number of rotatable bonds is 6. The number of halogens is 3. The molecule has 1 fully saturated rings. The highest BCUT2D eigenvalue weighted by Crippen LogP contribution is 2.31. The predicted molar refractivity (Wildman–Crippen MR) is 150 cm³/mol. The van der Waals surface area contributed by atoms with Crippen LogP contribution in [0.2, 0.25) is 15.1 Å². The van der Waals surface area contributed by atoms with Crippen LogP contribution < -0.4 is 10.2 Å². The average molecular weight is 571 g/mol. The highest BCUT2D eigenvalue weighted by molar-refractivity contribution is 7.99. The summed E-state index contributed by atoms with van der Waals surface area (Å²) in [6.45, 7) is 0.699. The smallest absolute Gasteiger partial charge is 0.335 e. The Hall–Kier alpha value is -3.23. The molecule has 1 N–H and O–H groups in total. The van der Waals surface area contributed by atoms with Crippen molar-refractivity contribution in [3.8, 4) is 0 Å². The molecule has 1 aromatic heterocycles. The van der Waals surface area contributed by atoms with Crippen LogP contribution in [0.25, 0.3) is 17.0 Å². The summed E-state index contributed by atoms with van der Waals surface area (Å²) in [5.41, 5.74) is 1.70. The van der Waals surface area contributed by atoms with Gasteiger partial charge in [0.15, 0.2) is 0 Å². The number of carbonyl (C=O) groups is 3. The van der Waals surface area contributed by atoms with Crippen molar-refractivity contribution in [3.05, 3.63) is 99.1 Å². The number of amides is 4. The van der Waals surface area contributed by atoms with Gasteiger partial charge in [0.2, 0.25) is 0 Å². The lowest BCUT2D eigenvalue weighted by Gasteiger charge is -2.26. The molecule has 10 heteroatoms. The van der Waals surface area contributed by atoms with Crippen molar-refractivity contribution in [2.45, 2.75) is 11.4 Å². The molecule has 2 heterocycles. The number of aromatic nitrogens is 1. The number of aryl methyl sites for hydroxylation is 1. The van der Waals surface area contributed by atoms with Gasteiger partial charge in [-0.15, -0.1) is 11.8 Å². The third-order valence-corrected chi connectivity index (χ3v) is 7.78. The first kappa shape index (κ1) is 25.4. The zero-order chi connectivity index (χ0) is 26.1. The largest absolute Gasteiger partial charge is 0.346 e. The molecule has 3 aromatic carbocycles. The van der Waals surface area contributed by atoms with Crippen LogP contribution in [0.1, 0.15) is 5.56 Å². The number of benzene rings is 3. The Morgan fingerprint density at radius 3 is 2.41 bits per heavy atom. The molecule has 0 unspecified atom stereocenters. The summed E-state index contributed by atoms with van der Waals surface area (Å²) in [5.74, 6) is -0.710. The fraction of sp³-hybridized carbons (Fsp3) is 0.0741. The van der Waals surface area contributed by atoms with Crippen molar-refractivity contribution >= 4 is 87.1 Å². The summed E-state index contributed by atoms with van der Waals surface area (Å²) in [6.07, 6.45) is 3.42. The molecular weight excluding hydrogens is 553 g/mol. The summed E-state index contributed by atoms with van der Waals surface area (Å²) >= 11 is 19.7. The number of anilines is 1. The van der Waals surface area contributed by atoms with Crippen LogP contribution in [-0.2, 0) is 16.1 Å². The maximum atomic E-state index is 13.3. The van der Waals surface area contributed by atoms with Gasteiger partial charge in [-0.1, -0.05) is 53.0 Å². The van der Waals surface area contributed by atoms with Gasteiger partial charge in [-0.3, -0.25) is 14.9 Å². The molecule has 4 amide bonds. The normalized spacial score (nSPS) is 15.1. The number of hydrogen-bond donors (Lipinski definition) is 1. The molecule has 0 aliphatic carbocycles. The van der Waals surface area contributed by atoms with Crippen molar-refractivity contribution in [1.82, 2.24) is 9.88 Å². The lowest BCUT2D eigenvalue weighted by molar-refractivity contribution is -0.122. The molecule has 0 atom stereocenters. The summed E-state index contributed by atoms with van der Waals surface area (Å²) in [6, 6.07) is 18.9. The zero-order valence-electron chi connectivity index (χ0n) is 19.1. The number of fused-ring (bicyclic) bond motifs is 1. The summed E-state index contributed by atoms with van der Waals surface area (Å²) in [5, 5.41) is 4.27. The van der Waals surface area contributed by atoms with E-state index in [1.807, 2.05) is 54.7 Å². The second kappa shape index (κ2) is 10.6. The topological polar surface area (TPSA) is 71.4 Å². The van der Waals surface area contributed by atoms with Crippen LogP contribution in [0.5, 0.6) is 0 Å². The summed E-state index contributed by atoms with van der Waals surface area (Å²) in [4.78, 5) is 40.5. The standard InChI is InChI=1S/C27H18Cl3N3O3S/c28-17-5-8-19(9-6-17)37-12-11-32-15-16(20-3-1-2-4-24(20)32)13-21-25(34)31-27(36)33(26(21)35)18-7-10-22(29)23(30)14-18/h1-10,13-15H,11-12H2,(H,31,34,36)/b21-13+. The van der Waals surface area contributed by atoms with E-state index in [4.69, 9.17) is 34.8 Å². The number of urea groups is 1. The Morgan fingerprint density at radius 1 is 0.892 bits per heavy atom. The maximum absolute atomic E-state index is 13.3. The zero-order valence-corrected chi connectivity index (χ0v) is 22.2. The minimum Gasteiger partial charge on any atom is -0.346 e. The first-order valence-electron chi connectivity index (χ1n) is 11.1. The first-order chi connectivity index (χ1) is 17.8. The van der Waals surface area contributed by atoms with E-state index >= 15 is 0 Å². The minimum absolute atomic E-state index is 0.163. The van der Waals surface area contributed by atoms with Gasteiger partial charge in [0.1, 0.15) is 5.57 Å². The minimum atomic E-state index is -0.854. The molecule has 186 valence electrons. The third-order valence-electron chi connectivity index (χ3n) is 5.80. The van der Waals surface area contributed by atoms with Crippen molar-refractivity contribution in [3.63, 3.8) is 0 Å². The monoisotopic (exact) mass is 569 g/mol. The molecule has 5 rings (SSSR count). The maximum Gasteiger partial charge on any atom is 0.335 e. The van der Waals surface area contributed by atoms with E-state index < -0.39 is 17.8 Å². The molecular formula is C27H18Cl3N3O3S. The molecule has 0 spiro atoms. The molecule has 6 nitrogen and oxygen atoms in total. The average Bonchev–Trinajstić information content (AvgIpc) is 3.22. The molecule has 0 bridgehead atoms. The summed E-state index contributed by atoms with van der Waals surface area (Å²) < 4.78 is 2.08. The predicted octanol–water partition coefficient (Wildman–Crippen LogP) is 7.06. The van der Waals surface area contributed by atoms with Gasteiger partial charge in [-0.2, -0.15) is 0 Å². The number of hydrogen-bond acceptors (Lipinski definition) is 4. The molecule has 4 aromatic rings. The Morgan fingerprint density at radius 2 is 1.65 bits per heavy atom. The molecule has 1 saturated heterocycles. The van der Waals surface area contributed by atoms with Crippen molar-refractivity contribution in [2.24, 2.45) is 0 Å². The Kier molecular flexibility index (Phi) is 7.31. The van der Waals surface area contributed by atoms with Gasteiger partial charge < -0.3 is 4.57 Å². The van der Waals surface area contributed by atoms with E-state index in [1.165, 1.54) is 24.3 Å². The Bertz CT molecular complexity index is 1580. The van der Waals surface area contributed by atoms with Crippen molar-refractivity contribution in [1.29, 1.82) is 0 Å². The lowest BCUT2D eigenvalue weighted by Crippen LogP contribution is -2.54. The quantitative estimate of drug-likeness (QED) is 0.153. The van der Waals surface area contributed by atoms with Crippen LogP contribution in [-0.4, -0.2) is 28.2 Å². The van der Waals surface area contributed by atoms with E-state index in [0.29, 0.717) is 17.1 Å². The third kappa shape index (κ3) is 5.26. The number of thioether (sulfide) groups is 1. The van der Waals surface area contributed by atoms with Gasteiger partial charge in [0.05, 0.1) is 15.7 Å². The van der Waals surface area contributed by atoms with Crippen molar-refractivity contribution in [2.75, 3.05) is 10.7 Å². The van der Waals surface area contributed by atoms with Crippen LogP contribution in [0.15, 0.2) is 83.4 Å². The number of nitrogens with one attached hydrogen (secondary N) is 1.